The van der Waals surface area contributed by atoms with E-state index in [0.29, 0.717) is 33.6 Å². The molecule has 3 aromatic rings. The Morgan fingerprint density at radius 1 is 1.12 bits per heavy atom. The molecule has 4 rings (SSSR count). The number of halogens is 2. The third-order valence-corrected chi connectivity index (χ3v) is 5.51. The van der Waals surface area contributed by atoms with E-state index >= 15 is 0 Å². The summed E-state index contributed by atoms with van der Waals surface area (Å²) in [6, 6.07) is 11.5. The average Bonchev–Trinajstić information content (AvgIpc) is 2.78. The van der Waals surface area contributed by atoms with Crippen LogP contribution in [-0.2, 0) is 4.74 Å². The van der Waals surface area contributed by atoms with E-state index in [1.54, 1.807) is 32.9 Å². The number of carbonyl (C=O) groups excluding carboxylic acids is 1. The minimum absolute atomic E-state index is 0.0186. The molecule has 1 saturated heterocycles. The van der Waals surface area contributed by atoms with Crippen molar-refractivity contribution in [1.29, 1.82) is 0 Å². The van der Waals surface area contributed by atoms with Crippen molar-refractivity contribution in [3.63, 3.8) is 0 Å². The molecule has 0 radical (unpaired) electrons. The topological polar surface area (TPSA) is 76.6 Å². The minimum Gasteiger partial charge on any atom is -0.497 e. The molecule has 34 heavy (non-hydrogen) atoms. The van der Waals surface area contributed by atoms with Crippen LogP contribution in [0.3, 0.4) is 0 Å². The predicted octanol–water partition coefficient (Wildman–Crippen LogP) is 5.20. The second kappa shape index (κ2) is 9.40. The summed E-state index contributed by atoms with van der Waals surface area (Å²) < 4.78 is 39.7. The predicted molar refractivity (Wildman–Crippen MR) is 126 cm³/mol. The van der Waals surface area contributed by atoms with Gasteiger partial charge in [-0.15, -0.1) is 10.2 Å². The number of ether oxygens (including phenoxy) is 2. The molecule has 2 heterocycles. The van der Waals surface area contributed by atoms with Gasteiger partial charge >= 0.3 is 6.09 Å². The summed E-state index contributed by atoms with van der Waals surface area (Å²) in [6.45, 7) is 5.56. The maximum absolute atomic E-state index is 14.7. The third kappa shape index (κ3) is 5.18. The molecular formula is C25H28F2N4O3. The van der Waals surface area contributed by atoms with Gasteiger partial charge in [0.1, 0.15) is 29.0 Å². The van der Waals surface area contributed by atoms with Crippen LogP contribution in [0.15, 0.2) is 42.5 Å². The van der Waals surface area contributed by atoms with Gasteiger partial charge in [-0.05, 0) is 32.9 Å². The van der Waals surface area contributed by atoms with Gasteiger partial charge < -0.3 is 19.7 Å². The summed E-state index contributed by atoms with van der Waals surface area (Å²) in [7, 11) is 1.47. The summed E-state index contributed by atoms with van der Waals surface area (Å²) in [5.41, 5.74) is 0.0228. The highest BCUT2D eigenvalue weighted by molar-refractivity contribution is 6.00. The maximum Gasteiger partial charge on any atom is 0.410 e. The molecule has 0 saturated carbocycles. The van der Waals surface area contributed by atoms with E-state index in [1.807, 2.05) is 24.3 Å². The van der Waals surface area contributed by atoms with E-state index in [9.17, 15) is 13.6 Å². The number of aromatic nitrogens is 2. The number of methoxy groups -OCH3 is 1. The van der Waals surface area contributed by atoms with Crippen LogP contribution >= 0.6 is 0 Å². The van der Waals surface area contributed by atoms with Crippen molar-refractivity contribution in [2.45, 2.75) is 45.0 Å². The standard InChI is InChI=1S/C25H28F2N4O3/c1-25(2,3)34-24(32)31-13-15(26)11-16(14-31)28-23-19-8-6-5-7-18(19)22(29-30-23)20-10-9-17(33-4)12-21(20)27/h5-10,12,15-16H,11,13-14H2,1-4H3,(H,28,30)/t15-,16-/m1/s1. The fourth-order valence-corrected chi connectivity index (χ4v) is 4.04. The van der Waals surface area contributed by atoms with Crippen molar-refractivity contribution >= 4 is 22.7 Å². The molecule has 0 spiro atoms. The summed E-state index contributed by atoms with van der Waals surface area (Å²) in [5, 5.41) is 13.2. The number of likely N-dealkylation sites (tertiary alicyclic amines) is 1. The summed E-state index contributed by atoms with van der Waals surface area (Å²) in [6.07, 6.45) is -1.54. The van der Waals surface area contributed by atoms with Gasteiger partial charge in [0.2, 0.25) is 0 Å². The fraction of sp³-hybridized carbons (Fsp3) is 0.400. The van der Waals surface area contributed by atoms with Gasteiger partial charge in [-0.25, -0.2) is 13.6 Å². The zero-order chi connectivity index (χ0) is 24.5. The van der Waals surface area contributed by atoms with Crippen molar-refractivity contribution in [3.05, 3.63) is 48.3 Å². The number of hydrogen-bond acceptors (Lipinski definition) is 6. The summed E-state index contributed by atoms with van der Waals surface area (Å²) in [5.74, 6) is 0.376. The second-order valence-corrected chi connectivity index (χ2v) is 9.35. The number of nitrogens with one attached hydrogen (secondary N) is 1. The Kier molecular flexibility index (Phi) is 6.54. The monoisotopic (exact) mass is 470 g/mol. The number of hydrogen-bond donors (Lipinski definition) is 1. The molecule has 2 atom stereocenters. The minimum atomic E-state index is -1.20. The Bertz CT molecular complexity index is 1200. The number of anilines is 1. The van der Waals surface area contributed by atoms with Crippen LogP contribution in [0.1, 0.15) is 27.2 Å². The third-order valence-electron chi connectivity index (χ3n) is 5.51. The van der Waals surface area contributed by atoms with Gasteiger partial charge in [-0.2, -0.15) is 0 Å². The zero-order valence-corrected chi connectivity index (χ0v) is 19.6. The Morgan fingerprint density at radius 2 is 1.85 bits per heavy atom. The number of alkyl halides is 1. The fourth-order valence-electron chi connectivity index (χ4n) is 4.04. The number of rotatable bonds is 4. The average molecular weight is 471 g/mol. The molecule has 0 aliphatic carbocycles. The van der Waals surface area contributed by atoms with Crippen molar-refractivity contribution in [3.8, 4) is 17.0 Å². The van der Waals surface area contributed by atoms with Crippen LogP contribution < -0.4 is 10.1 Å². The van der Waals surface area contributed by atoms with Crippen molar-refractivity contribution in [2.24, 2.45) is 0 Å². The number of amides is 1. The molecule has 1 amide bonds. The lowest BCUT2D eigenvalue weighted by molar-refractivity contribution is 0.0124. The molecule has 1 aromatic heterocycles. The summed E-state index contributed by atoms with van der Waals surface area (Å²) >= 11 is 0. The van der Waals surface area contributed by atoms with E-state index < -0.39 is 29.7 Å². The quantitative estimate of drug-likeness (QED) is 0.565. The van der Waals surface area contributed by atoms with Crippen molar-refractivity contribution in [2.75, 3.05) is 25.5 Å². The largest absolute Gasteiger partial charge is 0.497 e. The molecule has 1 aliphatic heterocycles. The Balaban J connectivity index is 1.62. The van der Waals surface area contributed by atoms with Crippen LogP contribution in [-0.4, -0.2) is 59.2 Å². The first-order valence-electron chi connectivity index (χ1n) is 11.1. The highest BCUT2D eigenvalue weighted by Gasteiger charge is 2.33. The molecule has 7 nitrogen and oxygen atoms in total. The van der Waals surface area contributed by atoms with Gasteiger partial charge in [-0.1, -0.05) is 24.3 Å². The van der Waals surface area contributed by atoms with E-state index in [2.05, 4.69) is 15.5 Å². The zero-order valence-electron chi connectivity index (χ0n) is 19.6. The first-order valence-corrected chi connectivity index (χ1v) is 11.1. The van der Waals surface area contributed by atoms with Crippen LogP contribution in [0, 0.1) is 5.82 Å². The van der Waals surface area contributed by atoms with Crippen LogP contribution in [0.25, 0.3) is 22.0 Å². The van der Waals surface area contributed by atoms with Crippen LogP contribution in [0.4, 0.5) is 19.4 Å². The first kappa shape index (κ1) is 23.7. The van der Waals surface area contributed by atoms with Crippen LogP contribution in [0.5, 0.6) is 5.75 Å². The molecule has 2 aromatic carbocycles. The Hall–Kier alpha value is -3.49. The van der Waals surface area contributed by atoms with E-state index in [-0.39, 0.29) is 19.5 Å². The van der Waals surface area contributed by atoms with Crippen molar-refractivity contribution < 1.29 is 23.0 Å². The molecular weight excluding hydrogens is 442 g/mol. The maximum atomic E-state index is 14.7. The van der Waals surface area contributed by atoms with E-state index in [1.165, 1.54) is 18.1 Å². The number of nitrogens with zero attached hydrogens (tertiary/aromatic N) is 3. The van der Waals surface area contributed by atoms with E-state index in [4.69, 9.17) is 9.47 Å². The highest BCUT2D eigenvalue weighted by atomic mass is 19.1. The number of carbonyl (C=O) groups is 1. The Morgan fingerprint density at radius 3 is 2.53 bits per heavy atom. The smallest absolute Gasteiger partial charge is 0.410 e. The summed E-state index contributed by atoms with van der Waals surface area (Å²) in [4.78, 5) is 13.9. The lowest BCUT2D eigenvalue weighted by Gasteiger charge is -2.36. The SMILES string of the molecule is COc1ccc(-c2nnc(N[C@@H]3C[C@@H](F)CN(C(=O)OC(C)(C)C)C3)c3ccccc23)c(F)c1. The van der Waals surface area contributed by atoms with Gasteiger partial charge in [-0.3, -0.25) is 0 Å². The second-order valence-electron chi connectivity index (χ2n) is 9.35. The molecule has 1 fully saturated rings. The number of fused-ring (bicyclic) bond motifs is 1. The normalized spacial score (nSPS) is 18.6. The molecule has 1 N–H and O–H groups in total. The van der Waals surface area contributed by atoms with Gasteiger partial charge in [0.05, 0.1) is 13.7 Å². The van der Waals surface area contributed by atoms with Crippen molar-refractivity contribution in [1.82, 2.24) is 15.1 Å². The van der Waals surface area contributed by atoms with Gasteiger partial charge in [0.25, 0.3) is 0 Å². The first-order chi connectivity index (χ1) is 16.1. The molecule has 9 heteroatoms. The number of benzene rings is 2. The molecule has 0 unspecified atom stereocenters. The Labute approximate surface area is 197 Å². The highest BCUT2D eigenvalue weighted by Crippen LogP contribution is 2.33. The molecule has 0 bridgehead atoms. The molecule has 1 aliphatic rings. The van der Waals surface area contributed by atoms with Crippen LogP contribution in [0.2, 0.25) is 0 Å². The lowest BCUT2D eigenvalue weighted by Crippen LogP contribution is -2.51. The van der Waals surface area contributed by atoms with E-state index in [0.717, 1.165) is 0 Å². The lowest BCUT2D eigenvalue weighted by atomic mass is 10.0. The molecule has 180 valence electrons. The number of piperidine rings is 1. The van der Waals surface area contributed by atoms with Gasteiger partial charge in [0, 0.05) is 41.4 Å². The van der Waals surface area contributed by atoms with Gasteiger partial charge in [0.15, 0.2) is 5.82 Å².